The Kier molecular flexibility index (Phi) is 3.72. The van der Waals surface area contributed by atoms with Crippen LogP contribution in [0.4, 0.5) is 0 Å². The van der Waals surface area contributed by atoms with Gasteiger partial charge in [0.15, 0.2) is 0 Å². The average molecular weight is 241 g/mol. The van der Waals surface area contributed by atoms with Gasteiger partial charge in [-0.1, -0.05) is 18.2 Å². The Morgan fingerprint density at radius 2 is 2.39 bits per heavy atom. The van der Waals surface area contributed by atoms with Crippen molar-refractivity contribution in [3.63, 3.8) is 0 Å². The van der Waals surface area contributed by atoms with Gasteiger partial charge < -0.3 is 4.74 Å². The smallest absolute Gasteiger partial charge is 0.254 e. The Balaban J connectivity index is 1.93. The minimum atomic E-state index is -0.425. The number of nitrogens with zero attached hydrogens (tertiary/aromatic N) is 2. The van der Waals surface area contributed by atoms with Gasteiger partial charge in [-0.15, -0.1) is 0 Å². The van der Waals surface area contributed by atoms with E-state index in [9.17, 15) is 4.79 Å². The molecular weight excluding hydrogens is 230 g/mol. The van der Waals surface area contributed by atoms with Gasteiger partial charge in [0.05, 0.1) is 18.5 Å². The molecule has 1 aliphatic rings. The molecule has 0 atom stereocenters. The maximum Gasteiger partial charge on any atom is 0.254 e. The fraction of sp³-hybridized carbons (Fsp3) is 0.154. The average Bonchev–Trinajstić information content (AvgIpc) is 2.39. The molecule has 18 heavy (non-hydrogen) atoms. The van der Waals surface area contributed by atoms with Crippen LogP contribution in [0.25, 0.3) is 0 Å². The second kappa shape index (κ2) is 5.64. The van der Waals surface area contributed by atoms with Gasteiger partial charge in [0.25, 0.3) is 5.91 Å². The van der Waals surface area contributed by atoms with Gasteiger partial charge in [-0.25, -0.2) is 5.43 Å². The van der Waals surface area contributed by atoms with Gasteiger partial charge in [-0.2, -0.15) is 10.4 Å². The molecular formula is C13H11N3O2. The summed E-state index contributed by atoms with van der Waals surface area (Å²) in [5, 5.41) is 12.1. The number of hydrogen-bond acceptors (Lipinski definition) is 4. The quantitative estimate of drug-likeness (QED) is 0.644. The van der Waals surface area contributed by atoms with Crippen molar-refractivity contribution in [3.8, 4) is 11.8 Å². The number of carbonyl (C=O) groups excluding carboxylic acids is 1. The highest BCUT2D eigenvalue weighted by molar-refractivity contribution is 5.83. The van der Waals surface area contributed by atoms with Gasteiger partial charge in [0.2, 0.25) is 0 Å². The summed E-state index contributed by atoms with van der Waals surface area (Å²) in [4.78, 5) is 11.0. The van der Waals surface area contributed by atoms with Crippen LogP contribution in [0.5, 0.6) is 5.75 Å². The first kappa shape index (κ1) is 11.9. The highest BCUT2D eigenvalue weighted by Gasteiger charge is 2.10. The van der Waals surface area contributed by atoms with E-state index in [4.69, 9.17) is 10.00 Å². The number of nitrogens with one attached hydrogen (secondary N) is 1. The Bertz CT molecular complexity index is 556. The van der Waals surface area contributed by atoms with Crippen LogP contribution in [0.15, 0.2) is 41.2 Å². The van der Waals surface area contributed by atoms with E-state index >= 15 is 0 Å². The first-order chi connectivity index (χ1) is 8.79. The zero-order chi connectivity index (χ0) is 12.8. The number of para-hydroxylation sites is 1. The van der Waals surface area contributed by atoms with E-state index in [-0.39, 0.29) is 6.42 Å². The predicted octanol–water partition coefficient (Wildman–Crippen LogP) is 1.52. The van der Waals surface area contributed by atoms with E-state index in [0.717, 1.165) is 16.9 Å². The molecule has 1 aromatic rings. The van der Waals surface area contributed by atoms with Crippen molar-refractivity contribution in [2.75, 3.05) is 0 Å². The minimum absolute atomic E-state index is 0.199. The third-order valence-electron chi connectivity index (χ3n) is 2.36. The third-order valence-corrected chi connectivity index (χ3v) is 2.36. The number of rotatable bonds is 3. The fourth-order valence-electron chi connectivity index (χ4n) is 1.54. The van der Waals surface area contributed by atoms with Crippen LogP contribution in [-0.4, -0.2) is 12.1 Å². The Labute approximate surface area is 104 Å². The molecule has 0 saturated carbocycles. The number of nitriles is 1. The number of allylic oxidation sites excluding steroid dienone is 1. The lowest BCUT2D eigenvalue weighted by Crippen LogP contribution is -2.16. The zero-order valence-corrected chi connectivity index (χ0v) is 9.59. The summed E-state index contributed by atoms with van der Waals surface area (Å²) < 4.78 is 5.42. The molecule has 0 aliphatic carbocycles. The summed E-state index contributed by atoms with van der Waals surface area (Å²) in [6, 6.07) is 9.47. The van der Waals surface area contributed by atoms with Crippen molar-refractivity contribution in [1.82, 2.24) is 5.43 Å². The monoisotopic (exact) mass is 241 g/mol. The molecule has 0 radical (unpaired) electrons. The van der Waals surface area contributed by atoms with Gasteiger partial charge in [0.1, 0.15) is 12.2 Å². The van der Waals surface area contributed by atoms with E-state index in [1.165, 1.54) is 6.21 Å². The third kappa shape index (κ3) is 2.95. The van der Waals surface area contributed by atoms with Crippen molar-refractivity contribution < 1.29 is 9.53 Å². The summed E-state index contributed by atoms with van der Waals surface area (Å²) in [7, 11) is 0. The van der Waals surface area contributed by atoms with E-state index in [0.29, 0.717) is 6.42 Å². The molecule has 0 spiro atoms. The topological polar surface area (TPSA) is 74.5 Å². The summed E-state index contributed by atoms with van der Waals surface area (Å²) in [6.07, 6.45) is 3.62. The molecule has 0 unspecified atom stereocenters. The van der Waals surface area contributed by atoms with Crippen molar-refractivity contribution in [1.29, 1.82) is 5.26 Å². The van der Waals surface area contributed by atoms with Gasteiger partial charge >= 0.3 is 0 Å². The van der Waals surface area contributed by atoms with Gasteiger partial charge in [-0.3, -0.25) is 4.79 Å². The fourth-order valence-corrected chi connectivity index (χ4v) is 1.54. The molecule has 0 aromatic heterocycles. The molecule has 0 fully saturated rings. The first-order valence-electron chi connectivity index (χ1n) is 5.42. The lowest BCUT2D eigenvalue weighted by Gasteiger charge is -2.14. The Morgan fingerprint density at radius 3 is 3.22 bits per heavy atom. The Morgan fingerprint density at radius 1 is 1.56 bits per heavy atom. The maximum absolute atomic E-state index is 11.0. The highest BCUT2D eigenvalue weighted by Crippen LogP contribution is 2.24. The molecule has 1 aromatic carbocycles. The molecule has 1 aliphatic heterocycles. The van der Waals surface area contributed by atoms with E-state index in [1.54, 1.807) is 12.3 Å². The number of benzene rings is 1. The Hall–Kier alpha value is -2.61. The first-order valence-corrected chi connectivity index (χ1v) is 5.42. The van der Waals surface area contributed by atoms with Crippen molar-refractivity contribution >= 4 is 12.1 Å². The summed E-state index contributed by atoms with van der Waals surface area (Å²) in [5.74, 6) is 0.412. The maximum atomic E-state index is 11.0. The number of hydrazone groups is 1. The highest BCUT2D eigenvalue weighted by atomic mass is 16.5. The molecule has 5 heteroatoms. The molecule has 1 heterocycles. The second-order valence-electron chi connectivity index (χ2n) is 3.72. The molecule has 1 N–H and O–H groups in total. The molecule has 0 bridgehead atoms. The number of carbonyl (C=O) groups is 1. The summed E-state index contributed by atoms with van der Waals surface area (Å²) in [6.45, 7) is 0. The SMILES string of the molecule is N#CCC(=O)N/N=C/C1=COc2ccccc2C1. The lowest BCUT2D eigenvalue weighted by atomic mass is 10.0. The second-order valence-corrected chi connectivity index (χ2v) is 3.72. The van der Waals surface area contributed by atoms with Crippen LogP contribution < -0.4 is 10.2 Å². The lowest BCUT2D eigenvalue weighted by molar-refractivity contribution is -0.120. The molecule has 90 valence electrons. The summed E-state index contributed by atoms with van der Waals surface area (Å²) >= 11 is 0. The number of amides is 1. The molecule has 5 nitrogen and oxygen atoms in total. The standard InChI is InChI=1S/C13H11N3O2/c14-6-5-13(17)16-15-8-10-7-11-3-1-2-4-12(11)18-9-10/h1-4,8-9H,5,7H2,(H,16,17)/b15-8+. The van der Waals surface area contributed by atoms with E-state index in [2.05, 4.69) is 10.5 Å². The number of ether oxygens (including phenoxy) is 1. The normalized spacial score (nSPS) is 13.2. The molecule has 1 amide bonds. The molecule has 2 rings (SSSR count). The van der Waals surface area contributed by atoms with Crippen molar-refractivity contribution in [3.05, 3.63) is 41.7 Å². The number of fused-ring (bicyclic) bond motifs is 1. The van der Waals surface area contributed by atoms with Crippen molar-refractivity contribution in [2.24, 2.45) is 5.10 Å². The van der Waals surface area contributed by atoms with Crippen molar-refractivity contribution in [2.45, 2.75) is 12.8 Å². The minimum Gasteiger partial charge on any atom is -0.464 e. The van der Waals surface area contributed by atoms with Crippen LogP contribution in [0.1, 0.15) is 12.0 Å². The zero-order valence-electron chi connectivity index (χ0n) is 9.59. The van der Waals surface area contributed by atoms with Crippen LogP contribution in [0.3, 0.4) is 0 Å². The largest absolute Gasteiger partial charge is 0.464 e. The van der Waals surface area contributed by atoms with Gasteiger partial charge in [-0.05, 0) is 11.6 Å². The molecule has 0 saturated heterocycles. The predicted molar refractivity (Wildman–Crippen MR) is 65.7 cm³/mol. The van der Waals surface area contributed by atoms with Crippen LogP contribution in [0.2, 0.25) is 0 Å². The van der Waals surface area contributed by atoms with Crippen LogP contribution in [-0.2, 0) is 11.2 Å². The van der Waals surface area contributed by atoms with E-state index < -0.39 is 5.91 Å². The van der Waals surface area contributed by atoms with Crippen LogP contribution >= 0.6 is 0 Å². The summed E-state index contributed by atoms with van der Waals surface area (Å²) in [5.41, 5.74) is 4.19. The van der Waals surface area contributed by atoms with E-state index in [1.807, 2.05) is 24.3 Å². The van der Waals surface area contributed by atoms with Crippen LogP contribution in [0, 0.1) is 11.3 Å². The van der Waals surface area contributed by atoms with Gasteiger partial charge in [0, 0.05) is 12.0 Å². The number of hydrogen-bond donors (Lipinski definition) is 1.